The highest BCUT2D eigenvalue weighted by atomic mass is 19.1. The minimum Gasteiger partial charge on any atom is -0.444 e. The first-order valence-electron chi connectivity index (χ1n) is 9.30. The molecule has 2 rings (SSSR count). The van der Waals surface area contributed by atoms with Gasteiger partial charge in [0.1, 0.15) is 11.4 Å². The van der Waals surface area contributed by atoms with Gasteiger partial charge in [0.2, 0.25) is 0 Å². The van der Waals surface area contributed by atoms with Gasteiger partial charge in [-0.2, -0.15) is 0 Å². The van der Waals surface area contributed by atoms with Crippen molar-refractivity contribution in [2.24, 2.45) is 5.92 Å². The molecule has 0 aliphatic heterocycles. The number of nitrogens with zero attached hydrogens (tertiary/aromatic N) is 1. The monoisotopic (exact) mass is 363 g/mol. The van der Waals surface area contributed by atoms with Gasteiger partial charge in [0.25, 0.3) is 0 Å². The molecule has 1 aliphatic carbocycles. The van der Waals surface area contributed by atoms with E-state index in [1.807, 2.05) is 30.3 Å². The molecule has 0 radical (unpaired) electrons. The van der Waals surface area contributed by atoms with Crippen LogP contribution in [0.5, 0.6) is 0 Å². The fourth-order valence-corrected chi connectivity index (χ4v) is 3.22. The molecular weight excluding hydrogens is 333 g/mol. The molecule has 26 heavy (non-hydrogen) atoms. The number of aliphatic hydroxyl groups is 1. The number of amides is 1. The van der Waals surface area contributed by atoms with Gasteiger partial charge in [-0.05, 0) is 57.6 Å². The fraction of sp³-hybridized carbons (Fsp3) is 0.571. The van der Waals surface area contributed by atoms with Crippen LogP contribution >= 0.6 is 0 Å². The number of hydrogen-bond donors (Lipinski definition) is 1. The molecule has 1 amide bonds. The van der Waals surface area contributed by atoms with Gasteiger partial charge in [-0.15, -0.1) is 0 Å². The number of carbonyl (C=O) groups is 1. The Bertz CT molecular complexity index is 622. The first kappa shape index (κ1) is 20.4. The lowest BCUT2D eigenvalue weighted by Gasteiger charge is -2.27. The highest BCUT2D eigenvalue weighted by molar-refractivity contribution is 5.68. The summed E-state index contributed by atoms with van der Waals surface area (Å²) in [6, 6.07) is 9.80. The first-order chi connectivity index (χ1) is 12.3. The third-order valence-corrected chi connectivity index (χ3v) is 4.55. The Kier molecular flexibility index (Phi) is 7.21. The van der Waals surface area contributed by atoms with Crippen LogP contribution in [0.15, 0.2) is 41.7 Å². The minimum absolute atomic E-state index is 0.0425. The largest absolute Gasteiger partial charge is 0.444 e. The van der Waals surface area contributed by atoms with Crippen LogP contribution in [-0.4, -0.2) is 41.4 Å². The van der Waals surface area contributed by atoms with Crippen LogP contribution in [0.25, 0.3) is 0 Å². The normalized spacial score (nSPS) is 19.3. The van der Waals surface area contributed by atoms with E-state index in [1.54, 1.807) is 20.8 Å². The van der Waals surface area contributed by atoms with Crippen LogP contribution in [0, 0.1) is 5.92 Å². The van der Waals surface area contributed by atoms with Gasteiger partial charge in [-0.25, -0.2) is 9.18 Å². The molecule has 1 fully saturated rings. The molecule has 144 valence electrons. The summed E-state index contributed by atoms with van der Waals surface area (Å²) in [5, 5.41) is 9.43. The molecule has 1 aromatic rings. The third kappa shape index (κ3) is 6.13. The number of benzene rings is 1. The van der Waals surface area contributed by atoms with Crippen LogP contribution in [-0.2, 0) is 11.2 Å². The van der Waals surface area contributed by atoms with Crippen molar-refractivity contribution in [2.45, 2.75) is 52.1 Å². The summed E-state index contributed by atoms with van der Waals surface area (Å²) in [5.41, 5.74) is 1.11. The zero-order valence-electron chi connectivity index (χ0n) is 16.0. The lowest BCUT2D eigenvalue weighted by Crippen LogP contribution is -2.39. The van der Waals surface area contributed by atoms with Crippen molar-refractivity contribution in [3.05, 3.63) is 47.3 Å². The maximum Gasteiger partial charge on any atom is 0.410 e. The molecule has 0 saturated heterocycles. The molecule has 0 spiro atoms. The molecule has 5 heteroatoms. The summed E-state index contributed by atoms with van der Waals surface area (Å²) < 4.78 is 20.3. The Hall–Kier alpha value is -1.88. The molecule has 0 heterocycles. The lowest BCUT2D eigenvalue weighted by molar-refractivity contribution is 0.0259. The number of halogens is 1. The molecule has 1 N–H and O–H groups in total. The minimum atomic E-state index is -0.632. The predicted octanol–water partition coefficient (Wildman–Crippen LogP) is 4.48. The molecule has 1 saturated carbocycles. The van der Waals surface area contributed by atoms with Crippen molar-refractivity contribution >= 4 is 6.09 Å². The molecule has 1 atom stereocenters. The van der Waals surface area contributed by atoms with E-state index in [0.717, 1.165) is 18.4 Å². The Morgan fingerprint density at radius 2 is 2.00 bits per heavy atom. The summed E-state index contributed by atoms with van der Waals surface area (Å²) >= 11 is 0. The maximum absolute atomic E-state index is 14.8. The maximum atomic E-state index is 14.8. The smallest absolute Gasteiger partial charge is 0.410 e. The standard InChI is InChI=1S/C21H30FNO3/c1-21(2,3)26-20(25)23(13-12-16-8-5-4-6-9-16)14-19(22)18-11-7-10-17(18)15-24/h4-6,8-9,17,24H,7,10-15H2,1-3H3/b19-18-. The van der Waals surface area contributed by atoms with Gasteiger partial charge in [0, 0.05) is 19.1 Å². The topological polar surface area (TPSA) is 49.8 Å². The highest BCUT2D eigenvalue weighted by Crippen LogP contribution is 2.33. The van der Waals surface area contributed by atoms with Crippen LogP contribution in [0.1, 0.15) is 45.6 Å². The van der Waals surface area contributed by atoms with E-state index in [4.69, 9.17) is 4.74 Å². The average molecular weight is 363 g/mol. The molecule has 4 nitrogen and oxygen atoms in total. The summed E-state index contributed by atoms with van der Waals surface area (Å²) in [4.78, 5) is 14.0. The quantitative estimate of drug-likeness (QED) is 0.810. The van der Waals surface area contributed by atoms with Gasteiger partial charge in [-0.3, -0.25) is 0 Å². The fourth-order valence-electron chi connectivity index (χ4n) is 3.22. The van der Waals surface area contributed by atoms with Gasteiger partial charge < -0.3 is 14.7 Å². The van der Waals surface area contributed by atoms with Crippen molar-refractivity contribution in [1.29, 1.82) is 0 Å². The Morgan fingerprint density at radius 3 is 2.62 bits per heavy atom. The summed E-state index contributed by atoms with van der Waals surface area (Å²) in [6.07, 6.45) is 2.45. The predicted molar refractivity (Wildman–Crippen MR) is 101 cm³/mol. The second-order valence-corrected chi connectivity index (χ2v) is 7.84. The summed E-state index contributed by atoms with van der Waals surface area (Å²) in [6.45, 7) is 5.63. The van der Waals surface area contributed by atoms with E-state index in [-0.39, 0.29) is 24.9 Å². The van der Waals surface area contributed by atoms with E-state index in [9.17, 15) is 14.3 Å². The van der Waals surface area contributed by atoms with E-state index >= 15 is 0 Å². The summed E-state index contributed by atoms with van der Waals surface area (Å²) in [5.74, 6) is -0.426. The zero-order chi connectivity index (χ0) is 19.2. The molecule has 1 aliphatic rings. The summed E-state index contributed by atoms with van der Waals surface area (Å²) in [7, 11) is 0. The highest BCUT2D eigenvalue weighted by Gasteiger charge is 2.27. The van der Waals surface area contributed by atoms with E-state index in [1.165, 1.54) is 4.90 Å². The van der Waals surface area contributed by atoms with Crippen LogP contribution in [0.3, 0.4) is 0 Å². The van der Waals surface area contributed by atoms with Gasteiger partial charge >= 0.3 is 6.09 Å². The number of ether oxygens (including phenoxy) is 1. The van der Waals surface area contributed by atoms with Crippen LogP contribution in [0.2, 0.25) is 0 Å². The SMILES string of the molecule is CC(C)(C)OC(=O)N(CCc1ccccc1)C/C(F)=C1\CCCC1CO. The second kappa shape index (κ2) is 9.17. The molecule has 0 bridgehead atoms. The third-order valence-electron chi connectivity index (χ3n) is 4.55. The van der Waals surface area contributed by atoms with Gasteiger partial charge in [0.05, 0.1) is 6.54 Å². The van der Waals surface area contributed by atoms with Gasteiger partial charge in [0.15, 0.2) is 0 Å². The van der Waals surface area contributed by atoms with Crippen molar-refractivity contribution in [3.63, 3.8) is 0 Å². The van der Waals surface area contributed by atoms with Crippen molar-refractivity contribution < 1.29 is 19.0 Å². The van der Waals surface area contributed by atoms with E-state index < -0.39 is 11.7 Å². The number of rotatable bonds is 6. The van der Waals surface area contributed by atoms with Gasteiger partial charge in [-0.1, -0.05) is 30.3 Å². The number of carbonyl (C=O) groups excluding carboxylic acids is 1. The lowest BCUT2D eigenvalue weighted by atomic mass is 10.0. The molecule has 1 aromatic carbocycles. The van der Waals surface area contributed by atoms with E-state index in [2.05, 4.69) is 0 Å². The van der Waals surface area contributed by atoms with Crippen LogP contribution in [0.4, 0.5) is 9.18 Å². The Labute approximate surface area is 155 Å². The number of aliphatic hydroxyl groups excluding tert-OH is 1. The first-order valence-corrected chi connectivity index (χ1v) is 9.30. The molecular formula is C21H30FNO3. The Balaban J connectivity index is 2.11. The van der Waals surface area contributed by atoms with Crippen LogP contribution < -0.4 is 0 Å². The van der Waals surface area contributed by atoms with Crippen molar-refractivity contribution in [1.82, 2.24) is 4.90 Å². The Morgan fingerprint density at radius 1 is 1.31 bits per heavy atom. The average Bonchev–Trinajstić information content (AvgIpc) is 3.06. The number of hydrogen-bond acceptors (Lipinski definition) is 3. The van der Waals surface area contributed by atoms with Crippen molar-refractivity contribution in [2.75, 3.05) is 19.7 Å². The molecule has 0 aromatic heterocycles. The van der Waals surface area contributed by atoms with E-state index in [0.29, 0.717) is 25.0 Å². The zero-order valence-corrected chi connectivity index (χ0v) is 16.0. The molecule has 1 unspecified atom stereocenters. The van der Waals surface area contributed by atoms with Crippen molar-refractivity contribution in [3.8, 4) is 0 Å². The second-order valence-electron chi connectivity index (χ2n) is 7.84.